The first-order valence-electron chi connectivity index (χ1n) is 35.2. The summed E-state index contributed by atoms with van der Waals surface area (Å²) in [6.07, 6.45) is 24.9. The number of aryl methyl sites for hydroxylation is 1. The fraction of sp³-hybridized carbons (Fsp3) is 0.825. The predicted octanol–water partition coefficient (Wildman–Crippen LogP) is 23.4. The maximum atomic E-state index is 5.75. The highest BCUT2D eigenvalue weighted by molar-refractivity contribution is 5.07. The number of ether oxygens (including phenoxy) is 6. The van der Waals surface area contributed by atoms with Crippen LogP contribution in [0.1, 0.15) is 300 Å². The summed E-state index contributed by atoms with van der Waals surface area (Å²) in [6.45, 7) is 89.0. The van der Waals surface area contributed by atoms with Crippen LogP contribution in [0.3, 0.4) is 0 Å². The van der Waals surface area contributed by atoms with Gasteiger partial charge in [0.15, 0.2) is 0 Å². The average Bonchev–Trinajstić information content (AvgIpc) is 4.02. The molecule has 1 heterocycles. The fourth-order valence-corrected chi connectivity index (χ4v) is 7.93. The molecule has 0 aliphatic rings. The predicted molar refractivity (Wildman–Crippen MR) is 391 cm³/mol. The molecule has 0 aliphatic carbocycles. The van der Waals surface area contributed by atoms with Crippen molar-refractivity contribution in [2.24, 2.45) is 43.3 Å². The summed E-state index contributed by atoms with van der Waals surface area (Å²) >= 11 is 0. The van der Waals surface area contributed by atoms with Crippen LogP contribution in [0.15, 0.2) is 79.1 Å². The average molecular weight is 1250 g/mol. The molecule has 0 spiro atoms. The van der Waals surface area contributed by atoms with Gasteiger partial charge in [-0.05, 0) is 172 Å². The highest BCUT2D eigenvalue weighted by Gasteiger charge is 2.19. The molecular weight excluding hydrogens is 1100 g/mol. The standard InChI is InChI=1S/C26H47N3O2.C25H48O2.C17H34O2.C12H24/c1-22(11-9-17-30-19-15-25(3,4)5)13-14-24-21-29(28-27-24)16-20-31-18-10-12-23(2)26(6,7)8;1-22(15-12-19-27-21-17-24(3,4)5)14-10-9-11-18-26-20-13-16-23(2)25(6,7)8;1-15(17(5,6)7)9-8-11-18-13-14-19-12-10-16(2,3)4;1-10(12(5,6)7)8-9-11(2,3)4/h21H,1-2,9-20H2,3-8H3;1-2,9-21H2,3-8H3;1,8-14H2,2-7H3;1,8-9H2,2-7H3. The van der Waals surface area contributed by atoms with Crippen molar-refractivity contribution in [2.45, 2.75) is 308 Å². The Morgan fingerprint density at radius 1 is 0.315 bits per heavy atom. The number of aromatic nitrogens is 3. The molecule has 0 fully saturated rings. The molecule has 0 aromatic carbocycles. The number of hydrogen-bond donors (Lipinski definition) is 0. The molecule has 524 valence electrons. The van der Waals surface area contributed by atoms with E-state index in [0.29, 0.717) is 41.5 Å². The number of unbranched alkanes of at least 4 members (excludes halogenated alkanes) is 2. The summed E-state index contributed by atoms with van der Waals surface area (Å²) < 4.78 is 35.9. The van der Waals surface area contributed by atoms with Crippen LogP contribution in [0, 0.1) is 43.3 Å². The molecule has 0 saturated heterocycles. The topological polar surface area (TPSA) is 86.1 Å². The Bertz CT molecular complexity index is 1990. The second-order valence-electron chi connectivity index (χ2n) is 34.4. The zero-order valence-corrected chi connectivity index (χ0v) is 64.2. The van der Waals surface area contributed by atoms with E-state index in [1.165, 1.54) is 52.7 Å². The van der Waals surface area contributed by atoms with E-state index in [0.717, 1.165) is 187 Å². The summed E-state index contributed by atoms with van der Waals surface area (Å²) in [6, 6.07) is 0. The van der Waals surface area contributed by atoms with Gasteiger partial charge in [0.05, 0.1) is 32.1 Å². The van der Waals surface area contributed by atoms with Crippen molar-refractivity contribution in [2.75, 3.05) is 79.3 Å². The monoisotopic (exact) mass is 1250 g/mol. The van der Waals surface area contributed by atoms with Crippen molar-refractivity contribution in [1.82, 2.24) is 15.0 Å². The van der Waals surface area contributed by atoms with Crippen LogP contribution < -0.4 is 0 Å². The zero-order chi connectivity index (χ0) is 69.0. The second-order valence-corrected chi connectivity index (χ2v) is 34.4. The highest BCUT2D eigenvalue weighted by atomic mass is 16.5. The normalized spacial score (nSPS) is 12.5. The van der Waals surface area contributed by atoms with E-state index in [1.807, 2.05) is 10.9 Å². The Labute approximate surface area is 555 Å². The van der Waals surface area contributed by atoms with Gasteiger partial charge in [-0.3, -0.25) is 0 Å². The molecule has 0 bridgehead atoms. The lowest BCUT2D eigenvalue weighted by atomic mass is 9.80. The van der Waals surface area contributed by atoms with Crippen LogP contribution in [0.25, 0.3) is 0 Å². The number of hydrogen-bond acceptors (Lipinski definition) is 8. The van der Waals surface area contributed by atoms with Crippen LogP contribution in [0.5, 0.6) is 0 Å². The van der Waals surface area contributed by atoms with E-state index in [9.17, 15) is 0 Å². The van der Waals surface area contributed by atoms with Crippen LogP contribution in [-0.2, 0) is 41.4 Å². The maximum Gasteiger partial charge on any atom is 0.0830 e. The van der Waals surface area contributed by atoms with Crippen molar-refractivity contribution in [3.63, 3.8) is 0 Å². The van der Waals surface area contributed by atoms with Gasteiger partial charge in [-0.2, -0.15) is 0 Å². The molecule has 0 saturated carbocycles. The summed E-state index contributed by atoms with van der Waals surface area (Å²) in [5.41, 5.74) is 11.3. The number of rotatable bonds is 43. The van der Waals surface area contributed by atoms with Crippen molar-refractivity contribution >= 4 is 0 Å². The second kappa shape index (κ2) is 48.1. The molecule has 0 N–H and O–H groups in total. The van der Waals surface area contributed by atoms with E-state index >= 15 is 0 Å². The van der Waals surface area contributed by atoms with Gasteiger partial charge < -0.3 is 28.4 Å². The smallest absolute Gasteiger partial charge is 0.0830 e. The quantitative estimate of drug-likeness (QED) is 0.0472. The SMILES string of the molecule is C=C(CCC(C)(C)C)C(C)(C)C.C=C(CCCCCOCCCC(=C)C(C)(C)C)CCCOCCC(C)(C)C.C=C(CCCOCCC(C)(C)C)CCc1cn(CCOCCCC(=C)C(C)(C)C)nn1.C=C(CCCOCCOCCC(C)(C)C)C(C)(C)C. The zero-order valence-electron chi connectivity index (χ0n) is 64.2. The Hall–Kier alpha value is -2.66. The summed E-state index contributed by atoms with van der Waals surface area (Å²) in [7, 11) is 0. The third kappa shape index (κ3) is 65.2. The van der Waals surface area contributed by atoms with Crippen LogP contribution in [0.2, 0.25) is 0 Å². The van der Waals surface area contributed by atoms with Crippen LogP contribution in [-0.4, -0.2) is 94.3 Å². The number of allylic oxidation sites excluding steroid dienone is 6. The number of nitrogens with zero attached hydrogens (tertiary/aromatic N) is 3. The van der Waals surface area contributed by atoms with Crippen molar-refractivity contribution in [3.8, 4) is 0 Å². The van der Waals surface area contributed by atoms with Gasteiger partial charge in [0.1, 0.15) is 0 Å². The van der Waals surface area contributed by atoms with Crippen molar-refractivity contribution < 1.29 is 28.4 Å². The molecule has 9 heteroatoms. The molecule has 89 heavy (non-hydrogen) atoms. The molecule has 9 nitrogen and oxygen atoms in total. The Kier molecular flexibility index (Phi) is 48.9. The van der Waals surface area contributed by atoms with Gasteiger partial charge in [-0.25, -0.2) is 4.68 Å². The van der Waals surface area contributed by atoms with Crippen LogP contribution in [0.4, 0.5) is 0 Å². The first-order valence-corrected chi connectivity index (χ1v) is 35.2. The van der Waals surface area contributed by atoms with E-state index in [4.69, 9.17) is 28.4 Å². The van der Waals surface area contributed by atoms with Crippen molar-refractivity contribution in [3.05, 3.63) is 84.8 Å². The molecule has 0 amide bonds. The molecule has 0 aliphatic heterocycles. The third-order valence-electron chi connectivity index (χ3n) is 15.8. The van der Waals surface area contributed by atoms with Gasteiger partial charge >= 0.3 is 0 Å². The first kappa shape index (κ1) is 90.5. The summed E-state index contributed by atoms with van der Waals surface area (Å²) in [4.78, 5) is 0. The van der Waals surface area contributed by atoms with E-state index < -0.39 is 0 Å². The van der Waals surface area contributed by atoms with E-state index in [1.54, 1.807) is 0 Å². The first-order chi connectivity index (χ1) is 40.7. The maximum absolute atomic E-state index is 5.75. The minimum absolute atomic E-state index is 0.183. The van der Waals surface area contributed by atoms with Gasteiger partial charge in [-0.15, -0.1) is 5.10 Å². The largest absolute Gasteiger partial charge is 0.381 e. The van der Waals surface area contributed by atoms with E-state index in [-0.39, 0.29) is 21.7 Å². The Morgan fingerprint density at radius 2 is 0.607 bits per heavy atom. The molecule has 0 radical (unpaired) electrons. The summed E-state index contributed by atoms with van der Waals surface area (Å²) in [5.74, 6) is 0. The lowest BCUT2D eigenvalue weighted by molar-refractivity contribution is 0.0379. The molecule has 1 aromatic heterocycles. The van der Waals surface area contributed by atoms with Crippen molar-refractivity contribution in [1.29, 1.82) is 0 Å². The minimum Gasteiger partial charge on any atom is -0.381 e. The molecule has 1 rings (SSSR count). The Balaban J connectivity index is -0.00000116. The minimum atomic E-state index is 0.183. The fourth-order valence-electron chi connectivity index (χ4n) is 7.93. The Morgan fingerprint density at radius 3 is 0.978 bits per heavy atom. The molecular formula is C80H153N3O6. The lowest BCUT2D eigenvalue weighted by Crippen LogP contribution is -2.12. The third-order valence-corrected chi connectivity index (χ3v) is 15.8. The van der Waals surface area contributed by atoms with Gasteiger partial charge in [-0.1, -0.05) is 251 Å². The summed E-state index contributed by atoms with van der Waals surface area (Å²) in [5, 5.41) is 8.49. The highest BCUT2D eigenvalue weighted by Crippen LogP contribution is 2.32. The van der Waals surface area contributed by atoms with Gasteiger partial charge in [0, 0.05) is 65.7 Å². The molecule has 0 atom stereocenters. The van der Waals surface area contributed by atoms with Gasteiger partial charge in [0.2, 0.25) is 0 Å². The molecule has 0 unspecified atom stereocenters. The lowest BCUT2D eigenvalue weighted by Gasteiger charge is -2.25. The van der Waals surface area contributed by atoms with Gasteiger partial charge in [0.25, 0.3) is 0 Å². The van der Waals surface area contributed by atoms with E-state index in [2.05, 4.69) is 216 Å². The molecule has 1 aromatic rings. The van der Waals surface area contributed by atoms with Crippen LogP contribution >= 0.6 is 0 Å².